The van der Waals surface area contributed by atoms with Crippen molar-refractivity contribution < 1.29 is 0 Å². The SMILES string of the molecule is CCCCN(c1ccc(Br)cc1CBr)C1CC1. The highest BCUT2D eigenvalue weighted by Crippen LogP contribution is 2.35. The molecule has 0 unspecified atom stereocenters. The molecule has 0 aliphatic heterocycles. The van der Waals surface area contributed by atoms with Gasteiger partial charge in [0.1, 0.15) is 0 Å². The third-order valence-corrected chi connectivity index (χ3v) is 4.33. The fourth-order valence-electron chi connectivity index (χ4n) is 2.16. The normalized spacial score (nSPS) is 15.0. The summed E-state index contributed by atoms with van der Waals surface area (Å²) in [4.78, 5) is 2.60. The van der Waals surface area contributed by atoms with Gasteiger partial charge in [0.15, 0.2) is 0 Å². The molecular formula is C14H19Br2N. The molecule has 1 aromatic rings. The highest BCUT2D eigenvalue weighted by molar-refractivity contribution is 9.10. The van der Waals surface area contributed by atoms with Crippen molar-refractivity contribution in [3.63, 3.8) is 0 Å². The van der Waals surface area contributed by atoms with Crippen molar-refractivity contribution in [3.05, 3.63) is 28.2 Å². The Hall–Kier alpha value is -0.0200. The Morgan fingerprint density at radius 1 is 1.35 bits per heavy atom. The minimum absolute atomic E-state index is 0.792. The molecule has 0 atom stereocenters. The summed E-state index contributed by atoms with van der Waals surface area (Å²) in [6.07, 6.45) is 5.28. The van der Waals surface area contributed by atoms with Gasteiger partial charge in [-0.25, -0.2) is 0 Å². The molecule has 0 amide bonds. The Morgan fingerprint density at radius 2 is 2.12 bits per heavy atom. The van der Waals surface area contributed by atoms with Gasteiger partial charge in [0, 0.05) is 28.1 Å². The monoisotopic (exact) mass is 359 g/mol. The molecule has 0 saturated heterocycles. The van der Waals surface area contributed by atoms with E-state index in [0.29, 0.717) is 0 Å². The summed E-state index contributed by atoms with van der Waals surface area (Å²) in [5.41, 5.74) is 2.81. The van der Waals surface area contributed by atoms with E-state index in [9.17, 15) is 0 Å². The Labute approximate surface area is 121 Å². The first-order chi connectivity index (χ1) is 8.26. The Bertz CT molecular complexity index is 374. The predicted octanol–water partition coefficient (Wildman–Crippen LogP) is 5.11. The molecule has 0 spiro atoms. The maximum Gasteiger partial charge on any atom is 0.0410 e. The molecule has 1 aliphatic carbocycles. The molecule has 17 heavy (non-hydrogen) atoms. The zero-order valence-electron chi connectivity index (χ0n) is 10.3. The van der Waals surface area contributed by atoms with Gasteiger partial charge < -0.3 is 4.90 Å². The second-order valence-corrected chi connectivity index (χ2v) is 6.16. The molecule has 1 aromatic carbocycles. The number of anilines is 1. The van der Waals surface area contributed by atoms with Crippen LogP contribution in [0.25, 0.3) is 0 Å². The van der Waals surface area contributed by atoms with E-state index in [1.165, 1.54) is 48.0 Å². The number of hydrogen-bond acceptors (Lipinski definition) is 1. The Balaban J connectivity index is 2.21. The van der Waals surface area contributed by atoms with Gasteiger partial charge in [-0.05, 0) is 43.0 Å². The second-order valence-electron chi connectivity index (χ2n) is 4.68. The maximum absolute atomic E-state index is 3.60. The van der Waals surface area contributed by atoms with Gasteiger partial charge in [-0.1, -0.05) is 45.2 Å². The molecule has 1 fully saturated rings. The lowest BCUT2D eigenvalue weighted by molar-refractivity contribution is 0.711. The topological polar surface area (TPSA) is 3.24 Å². The molecule has 94 valence electrons. The second kappa shape index (κ2) is 6.24. The minimum Gasteiger partial charge on any atom is -0.368 e. The van der Waals surface area contributed by atoms with Crippen LogP contribution in [0.3, 0.4) is 0 Å². The van der Waals surface area contributed by atoms with Crippen molar-refractivity contribution in [2.45, 2.75) is 44.0 Å². The summed E-state index contributed by atoms with van der Waals surface area (Å²) >= 11 is 7.15. The van der Waals surface area contributed by atoms with Gasteiger partial charge in [-0.2, -0.15) is 0 Å². The summed E-state index contributed by atoms with van der Waals surface area (Å²) in [7, 11) is 0. The van der Waals surface area contributed by atoms with Crippen LogP contribution in [0, 0.1) is 0 Å². The molecule has 1 aliphatic rings. The van der Waals surface area contributed by atoms with Gasteiger partial charge in [0.2, 0.25) is 0 Å². The van der Waals surface area contributed by atoms with E-state index in [1.54, 1.807) is 0 Å². The third kappa shape index (κ3) is 3.47. The Morgan fingerprint density at radius 3 is 2.71 bits per heavy atom. The molecule has 0 heterocycles. The molecule has 0 aromatic heterocycles. The van der Waals surface area contributed by atoms with Crippen LogP contribution in [0.2, 0.25) is 0 Å². The van der Waals surface area contributed by atoms with E-state index in [-0.39, 0.29) is 0 Å². The lowest BCUT2D eigenvalue weighted by Gasteiger charge is -2.27. The highest BCUT2D eigenvalue weighted by Gasteiger charge is 2.29. The fourth-order valence-corrected chi connectivity index (χ4v) is 3.01. The molecule has 0 bridgehead atoms. The standard InChI is InChI=1S/C14H19Br2N/c1-2-3-8-17(13-5-6-13)14-7-4-12(16)9-11(14)10-15/h4,7,9,13H,2-3,5-6,8,10H2,1H3. The minimum atomic E-state index is 0.792. The summed E-state index contributed by atoms with van der Waals surface area (Å²) in [6, 6.07) is 7.43. The van der Waals surface area contributed by atoms with Crippen molar-refractivity contribution in [3.8, 4) is 0 Å². The average Bonchev–Trinajstić information content (AvgIpc) is 3.15. The van der Waals surface area contributed by atoms with Gasteiger partial charge in [-0.15, -0.1) is 0 Å². The Kier molecular flexibility index (Phi) is 4.92. The largest absolute Gasteiger partial charge is 0.368 e. The summed E-state index contributed by atoms with van der Waals surface area (Å²) in [5, 5.41) is 0.928. The number of nitrogens with zero attached hydrogens (tertiary/aromatic N) is 1. The first-order valence-electron chi connectivity index (χ1n) is 6.37. The smallest absolute Gasteiger partial charge is 0.0410 e. The van der Waals surface area contributed by atoms with E-state index >= 15 is 0 Å². The number of rotatable bonds is 6. The average molecular weight is 361 g/mol. The van der Waals surface area contributed by atoms with Crippen molar-refractivity contribution in [2.75, 3.05) is 11.4 Å². The predicted molar refractivity (Wildman–Crippen MR) is 82.0 cm³/mol. The highest BCUT2D eigenvalue weighted by atomic mass is 79.9. The molecule has 0 radical (unpaired) electrons. The third-order valence-electron chi connectivity index (χ3n) is 3.24. The summed E-state index contributed by atoms with van der Waals surface area (Å²) in [6.45, 7) is 3.46. The fraction of sp³-hybridized carbons (Fsp3) is 0.571. The molecule has 3 heteroatoms. The lowest BCUT2D eigenvalue weighted by Crippen LogP contribution is -2.27. The zero-order chi connectivity index (χ0) is 12.3. The lowest BCUT2D eigenvalue weighted by atomic mass is 10.1. The number of benzene rings is 1. The van der Waals surface area contributed by atoms with Gasteiger partial charge >= 0.3 is 0 Å². The number of hydrogen-bond donors (Lipinski definition) is 0. The van der Waals surface area contributed by atoms with E-state index in [4.69, 9.17) is 0 Å². The van der Waals surface area contributed by atoms with Crippen LogP contribution >= 0.6 is 31.9 Å². The van der Waals surface area contributed by atoms with Gasteiger partial charge in [0.25, 0.3) is 0 Å². The number of alkyl halides is 1. The molecule has 1 nitrogen and oxygen atoms in total. The van der Waals surface area contributed by atoms with E-state index in [2.05, 4.69) is 61.9 Å². The molecular weight excluding hydrogens is 342 g/mol. The van der Waals surface area contributed by atoms with Crippen LogP contribution in [-0.4, -0.2) is 12.6 Å². The summed E-state index contributed by atoms with van der Waals surface area (Å²) in [5.74, 6) is 0. The maximum atomic E-state index is 3.60. The van der Waals surface area contributed by atoms with Crippen molar-refractivity contribution >= 4 is 37.5 Å². The van der Waals surface area contributed by atoms with Gasteiger partial charge in [-0.3, -0.25) is 0 Å². The van der Waals surface area contributed by atoms with Crippen LogP contribution < -0.4 is 4.90 Å². The zero-order valence-corrected chi connectivity index (χ0v) is 13.4. The first kappa shape index (κ1) is 13.4. The quantitative estimate of drug-likeness (QED) is 0.637. The number of unbranched alkanes of at least 4 members (excludes halogenated alkanes) is 1. The van der Waals surface area contributed by atoms with Crippen molar-refractivity contribution in [1.29, 1.82) is 0 Å². The van der Waals surface area contributed by atoms with E-state index in [0.717, 1.165) is 11.4 Å². The van der Waals surface area contributed by atoms with Crippen LogP contribution in [0.1, 0.15) is 38.2 Å². The van der Waals surface area contributed by atoms with Crippen LogP contribution in [-0.2, 0) is 5.33 Å². The molecule has 2 rings (SSSR count). The van der Waals surface area contributed by atoms with Gasteiger partial charge in [0.05, 0.1) is 0 Å². The van der Waals surface area contributed by atoms with Crippen LogP contribution in [0.15, 0.2) is 22.7 Å². The summed E-state index contributed by atoms with van der Waals surface area (Å²) < 4.78 is 1.17. The molecule has 0 N–H and O–H groups in total. The van der Waals surface area contributed by atoms with Crippen LogP contribution in [0.5, 0.6) is 0 Å². The molecule has 1 saturated carbocycles. The van der Waals surface area contributed by atoms with E-state index in [1.807, 2.05) is 0 Å². The van der Waals surface area contributed by atoms with E-state index < -0.39 is 0 Å². The van der Waals surface area contributed by atoms with Crippen molar-refractivity contribution in [1.82, 2.24) is 0 Å². The first-order valence-corrected chi connectivity index (χ1v) is 8.28. The number of halogens is 2. The van der Waals surface area contributed by atoms with Crippen LogP contribution in [0.4, 0.5) is 5.69 Å². The van der Waals surface area contributed by atoms with Crippen molar-refractivity contribution in [2.24, 2.45) is 0 Å².